The Morgan fingerprint density at radius 3 is 2.17 bits per heavy atom. The van der Waals surface area contributed by atoms with Crippen LogP contribution in [0.4, 0.5) is 0 Å². The van der Waals surface area contributed by atoms with E-state index >= 15 is 0 Å². The zero-order chi connectivity index (χ0) is 20.2. The van der Waals surface area contributed by atoms with Crippen LogP contribution >= 0.6 is 0 Å². The Hall–Kier alpha value is -2.78. The Morgan fingerprint density at radius 1 is 0.759 bits per heavy atom. The van der Waals surface area contributed by atoms with Crippen LogP contribution in [-0.2, 0) is 15.6 Å². The predicted molar refractivity (Wildman–Crippen MR) is 121 cm³/mol. The zero-order valence-electron chi connectivity index (χ0n) is 17.5. The molecule has 2 nitrogen and oxygen atoms in total. The molecule has 1 unspecified atom stereocenters. The highest BCUT2D eigenvalue weighted by atomic mass is 28.4. The summed E-state index contributed by atoms with van der Waals surface area (Å²) in [4.78, 5) is 0. The van der Waals surface area contributed by atoms with Crippen LogP contribution < -0.4 is 0 Å². The second kappa shape index (κ2) is 6.63. The van der Waals surface area contributed by atoms with Gasteiger partial charge in [0.2, 0.25) is 8.32 Å². The fraction of sp³-hybridized carbons (Fsp3) is 0.231. The monoisotopic (exact) mass is 398 g/mol. The maximum Gasteiger partial charge on any atom is 0.241 e. The van der Waals surface area contributed by atoms with E-state index in [2.05, 4.69) is 86.4 Å². The zero-order valence-corrected chi connectivity index (χ0v) is 18.5. The van der Waals surface area contributed by atoms with E-state index in [1.165, 1.54) is 33.4 Å². The van der Waals surface area contributed by atoms with Gasteiger partial charge in [-0.1, -0.05) is 66.7 Å². The molecule has 2 aliphatic rings. The summed E-state index contributed by atoms with van der Waals surface area (Å²) >= 11 is 0. The quantitative estimate of drug-likeness (QED) is 0.362. The first-order valence-corrected chi connectivity index (χ1v) is 13.7. The van der Waals surface area contributed by atoms with Crippen LogP contribution in [0.3, 0.4) is 0 Å². The number of benzene rings is 3. The summed E-state index contributed by atoms with van der Waals surface area (Å²) in [7, 11) is -0.0638. The molecule has 29 heavy (non-hydrogen) atoms. The number of ether oxygens (including phenoxy) is 1. The van der Waals surface area contributed by atoms with Crippen molar-refractivity contribution in [2.45, 2.75) is 32.0 Å². The molecule has 2 aliphatic carbocycles. The number of hydrogen-bond acceptors (Lipinski definition) is 2. The van der Waals surface area contributed by atoms with Gasteiger partial charge in [-0.3, -0.25) is 0 Å². The minimum atomic E-state index is -1.82. The molecule has 3 aromatic carbocycles. The van der Waals surface area contributed by atoms with Crippen molar-refractivity contribution >= 4 is 14.1 Å². The summed E-state index contributed by atoms with van der Waals surface area (Å²) in [6.07, 6.45) is 0.975. The van der Waals surface area contributed by atoms with E-state index in [9.17, 15) is 0 Å². The van der Waals surface area contributed by atoms with E-state index in [0.29, 0.717) is 0 Å². The number of methoxy groups -OCH3 is 1. The molecule has 0 saturated carbocycles. The van der Waals surface area contributed by atoms with Gasteiger partial charge in [0.25, 0.3) is 0 Å². The predicted octanol–water partition coefficient (Wildman–Crippen LogP) is 6.57. The molecule has 0 fully saturated rings. The Kier molecular flexibility index (Phi) is 4.18. The van der Waals surface area contributed by atoms with E-state index < -0.39 is 8.32 Å². The molecule has 0 aromatic heterocycles. The fourth-order valence-corrected chi connectivity index (χ4v) is 5.64. The lowest BCUT2D eigenvalue weighted by molar-refractivity contribution is 0.329. The van der Waals surface area contributed by atoms with Crippen LogP contribution in [0.15, 0.2) is 72.5 Å². The summed E-state index contributed by atoms with van der Waals surface area (Å²) in [5, 5.41) is 0. The van der Waals surface area contributed by atoms with Crippen molar-refractivity contribution < 1.29 is 9.16 Å². The lowest BCUT2D eigenvalue weighted by Crippen LogP contribution is -2.27. The van der Waals surface area contributed by atoms with Crippen LogP contribution in [0.1, 0.15) is 33.7 Å². The summed E-state index contributed by atoms with van der Waals surface area (Å²) in [6, 6.07) is 24.1. The smallest absolute Gasteiger partial charge is 0.241 e. The van der Waals surface area contributed by atoms with Crippen molar-refractivity contribution in [3.63, 3.8) is 0 Å². The molecule has 0 amide bonds. The summed E-state index contributed by atoms with van der Waals surface area (Å²) in [6.45, 7) is 6.70. The van der Waals surface area contributed by atoms with Crippen molar-refractivity contribution in [1.29, 1.82) is 0 Å². The summed E-state index contributed by atoms with van der Waals surface area (Å²) in [5.41, 5.74) is 9.31. The first-order valence-electron chi connectivity index (χ1n) is 10.2. The van der Waals surface area contributed by atoms with Gasteiger partial charge in [-0.05, 0) is 59.4 Å². The highest BCUT2D eigenvalue weighted by Gasteiger charge is 2.39. The highest BCUT2D eigenvalue weighted by Crippen LogP contribution is 2.50. The van der Waals surface area contributed by atoms with Gasteiger partial charge in [0.1, 0.15) is 5.76 Å². The third-order valence-corrected chi connectivity index (χ3v) is 6.65. The molecule has 5 rings (SSSR count). The van der Waals surface area contributed by atoms with Gasteiger partial charge in [0.15, 0.2) is 5.76 Å². The maximum atomic E-state index is 6.68. The Balaban J connectivity index is 1.72. The number of hydrogen-bond donors (Lipinski definition) is 0. The standard InChI is InChI=1S/C26H26O2Si/c1-27-25-22-13-8-7-12-20(22)24(26(25)28-29(2,3)4)21-15-9-14-19-18-11-6-5-10-17(18)16-23(19)21/h5-15,24H,16H2,1-4H3. The molecule has 0 spiro atoms. The van der Waals surface area contributed by atoms with Gasteiger partial charge in [0, 0.05) is 5.56 Å². The van der Waals surface area contributed by atoms with E-state index in [1.54, 1.807) is 7.11 Å². The van der Waals surface area contributed by atoms with Gasteiger partial charge in [-0.15, -0.1) is 0 Å². The highest BCUT2D eigenvalue weighted by molar-refractivity contribution is 6.70. The Labute approximate surface area is 173 Å². The van der Waals surface area contributed by atoms with Gasteiger partial charge >= 0.3 is 0 Å². The minimum absolute atomic E-state index is 0.0807. The molecule has 0 heterocycles. The minimum Gasteiger partial charge on any atom is -0.544 e. The molecular weight excluding hydrogens is 372 g/mol. The average Bonchev–Trinajstić information content (AvgIpc) is 3.22. The van der Waals surface area contributed by atoms with Crippen molar-refractivity contribution in [2.75, 3.05) is 7.11 Å². The van der Waals surface area contributed by atoms with E-state index in [0.717, 1.165) is 23.5 Å². The first-order chi connectivity index (χ1) is 14.0. The first kappa shape index (κ1) is 18.3. The van der Waals surface area contributed by atoms with Crippen LogP contribution in [0.5, 0.6) is 0 Å². The largest absolute Gasteiger partial charge is 0.544 e. The van der Waals surface area contributed by atoms with Gasteiger partial charge in [0.05, 0.1) is 13.0 Å². The molecule has 1 atom stereocenters. The topological polar surface area (TPSA) is 18.5 Å². The molecule has 0 radical (unpaired) electrons. The maximum absolute atomic E-state index is 6.68. The second-order valence-corrected chi connectivity index (χ2v) is 13.3. The van der Waals surface area contributed by atoms with Crippen LogP contribution in [0.2, 0.25) is 19.6 Å². The van der Waals surface area contributed by atoms with Crippen molar-refractivity contribution in [3.8, 4) is 11.1 Å². The van der Waals surface area contributed by atoms with Crippen molar-refractivity contribution in [1.82, 2.24) is 0 Å². The van der Waals surface area contributed by atoms with Gasteiger partial charge in [-0.25, -0.2) is 0 Å². The van der Waals surface area contributed by atoms with Crippen LogP contribution in [-0.4, -0.2) is 15.4 Å². The Morgan fingerprint density at radius 2 is 1.41 bits per heavy atom. The molecular formula is C26H26O2Si. The third kappa shape index (κ3) is 2.92. The summed E-state index contributed by atoms with van der Waals surface area (Å²) in [5.74, 6) is 1.95. The van der Waals surface area contributed by atoms with Crippen LogP contribution in [0.25, 0.3) is 16.9 Å². The molecule has 3 aromatic rings. The SMILES string of the molecule is COC1=C(O[Si](C)(C)C)C(c2cccc3c2Cc2ccccc2-3)c2ccccc21. The third-order valence-electron chi connectivity index (χ3n) is 5.82. The molecule has 0 saturated heterocycles. The van der Waals surface area contributed by atoms with Gasteiger partial charge < -0.3 is 9.16 Å². The van der Waals surface area contributed by atoms with Crippen LogP contribution in [0, 0.1) is 0 Å². The van der Waals surface area contributed by atoms with E-state index in [1.807, 2.05) is 0 Å². The molecule has 3 heteroatoms. The molecule has 0 N–H and O–H groups in total. The number of fused-ring (bicyclic) bond motifs is 4. The normalized spacial score (nSPS) is 17.0. The Bertz CT molecular complexity index is 1140. The fourth-order valence-electron chi connectivity index (χ4n) is 4.77. The number of rotatable bonds is 4. The molecule has 146 valence electrons. The lowest BCUT2D eigenvalue weighted by atomic mass is 9.87. The molecule has 0 aliphatic heterocycles. The van der Waals surface area contributed by atoms with Crippen molar-refractivity contribution in [2.24, 2.45) is 0 Å². The second-order valence-electron chi connectivity index (χ2n) is 8.84. The van der Waals surface area contributed by atoms with E-state index in [4.69, 9.17) is 9.16 Å². The summed E-state index contributed by atoms with van der Waals surface area (Å²) < 4.78 is 12.6. The van der Waals surface area contributed by atoms with E-state index in [-0.39, 0.29) is 5.92 Å². The lowest BCUT2D eigenvalue weighted by Gasteiger charge is -2.27. The average molecular weight is 399 g/mol. The van der Waals surface area contributed by atoms with Crippen molar-refractivity contribution in [3.05, 3.63) is 100 Å². The number of allylic oxidation sites excluding steroid dienone is 1. The molecule has 0 bridgehead atoms. The van der Waals surface area contributed by atoms with Gasteiger partial charge in [-0.2, -0.15) is 0 Å².